The number of halogens is 1. The third kappa shape index (κ3) is 1.26. The van der Waals surface area contributed by atoms with Gasteiger partial charge >= 0.3 is 0 Å². The van der Waals surface area contributed by atoms with E-state index >= 15 is 0 Å². The van der Waals surface area contributed by atoms with E-state index in [0.717, 1.165) is 11.8 Å². The summed E-state index contributed by atoms with van der Waals surface area (Å²) in [5, 5.41) is 0. The van der Waals surface area contributed by atoms with Gasteiger partial charge in [-0.15, -0.1) is 12.4 Å². The first kappa shape index (κ1) is 10.3. The Bertz CT molecular complexity index is 159. The van der Waals surface area contributed by atoms with Crippen LogP contribution in [-0.2, 0) is 4.74 Å². The Morgan fingerprint density at radius 3 is 2.50 bits per heavy atom. The van der Waals surface area contributed by atoms with Gasteiger partial charge in [-0.3, -0.25) is 0 Å². The summed E-state index contributed by atoms with van der Waals surface area (Å²) in [5.74, 6) is 1.69. The van der Waals surface area contributed by atoms with Crippen molar-refractivity contribution in [3.63, 3.8) is 0 Å². The third-order valence-corrected chi connectivity index (χ3v) is 3.67. The Hall–Kier alpha value is 0.210. The first-order valence-electron chi connectivity index (χ1n) is 4.56. The van der Waals surface area contributed by atoms with Crippen molar-refractivity contribution in [3.05, 3.63) is 0 Å². The fraction of sp³-hybridized carbons (Fsp3) is 1.00. The van der Waals surface area contributed by atoms with Crippen LogP contribution in [0.4, 0.5) is 0 Å². The number of rotatable bonds is 2. The topological polar surface area (TPSA) is 35.2 Å². The molecule has 0 saturated heterocycles. The summed E-state index contributed by atoms with van der Waals surface area (Å²) in [7, 11) is 1.81. The van der Waals surface area contributed by atoms with Crippen molar-refractivity contribution >= 4 is 12.4 Å². The largest absolute Gasteiger partial charge is 0.377 e. The van der Waals surface area contributed by atoms with Crippen LogP contribution in [0.15, 0.2) is 0 Å². The number of methoxy groups -OCH3 is 1. The van der Waals surface area contributed by atoms with E-state index in [4.69, 9.17) is 10.5 Å². The van der Waals surface area contributed by atoms with E-state index < -0.39 is 0 Å². The number of fused-ring (bicyclic) bond motifs is 2. The second-order valence-electron chi connectivity index (χ2n) is 4.05. The van der Waals surface area contributed by atoms with Gasteiger partial charge in [0.1, 0.15) is 0 Å². The summed E-state index contributed by atoms with van der Waals surface area (Å²) in [6.45, 7) is 0.713. The molecule has 2 N–H and O–H groups in total. The highest BCUT2D eigenvalue weighted by molar-refractivity contribution is 5.85. The summed E-state index contributed by atoms with van der Waals surface area (Å²) < 4.78 is 5.56. The molecule has 0 aliphatic heterocycles. The zero-order chi connectivity index (χ0) is 7.90. The molecule has 2 saturated carbocycles. The molecule has 0 amide bonds. The highest BCUT2D eigenvalue weighted by atomic mass is 35.5. The zero-order valence-electron chi connectivity index (χ0n) is 7.58. The van der Waals surface area contributed by atoms with Crippen molar-refractivity contribution in [2.45, 2.75) is 31.3 Å². The third-order valence-electron chi connectivity index (χ3n) is 3.67. The Labute approximate surface area is 80.3 Å². The Morgan fingerprint density at radius 1 is 1.50 bits per heavy atom. The zero-order valence-corrected chi connectivity index (χ0v) is 8.40. The van der Waals surface area contributed by atoms with E-state index in [1.807, 2.05) is 7.11 Å². The molecule has 12 heavy (non-hydrogen) atoms. The molecule has 0 aromatic carbocycles. The second kappa shape index (κ2) is 3.52. The number of ether oxygens (including phenoxy) is 1. The van der Waals surface area contributed by atoms with Gasteiger partial charge in [-0.2, -0.15) is 0 Å². The molecular formula is C9H18ClNO. The lowest BCUT2D eigenvalue weighted by Crippen LogP contribution is -2.44. The maximum atomic E-state index is 5.74. The van der Waals surface area contributed by atoms with Crippen LogP contribution in [0.1, 0.15) is 25.7 Å². The fourth-order valence-corrected chi connectivity index (χ4v) is 2.98. The van der Waals surface area contributed by atoms with Gasteiger partial charge < -0.3 is 10.5 Å². The molecule has 0 heterocycles. The van der Waals surface area contributed by atoms with Crippen LogP contribution in [0, 0.1) is 11.8 Å². The number of hydrogen-bond donors (Lipinski definition) is 1. The molecular weight excluding hydrogens is 174 g/mol. The van der Waals surface area contributed by atoms with Crippen molar-refractivity contribution in [1.82, 2.24) is 0 Å². The molecule has 2 aliphatic carbocycles. The quantitative estimate of drug-likeness (QED) is 0.720. The fourth-order valence-electron chi connectivity index (χ4n) is 2.98. The van der Waals surface area contributed by atoms with Crippen LogP contribution in [0.25, 0.3) is 0 Å². The van der Waals surface area contributed by atoms with E-state index in [2.05, 4.69) is 0 Å². The molecule has 0 aromatic rings. The molecule has 3 atom stereocenters. The maximum absolute atomic E-state index is 5.74. The molecule has 3 heteroatoms. The first-order chi connectivity index (χ1) is 5.30. The first-order valence-corrected chi connectivity index (χ1v) is 4.56. The van der Waals surface area contributed by atoms with Crippen LogP contribution in [-0.4, -0.2) is 19.3 Å². The van der Waals surface area contributed by atoms with Gasteiger partial charge in [0.2, 0.25) is 0 Å². The highest BCUT2D eigenvalue weighted by Gasteiger charge is 2.50. The van der Waals surface area contributed by atoms with Gasteiger partial charge in [0.05, 0.1) is 5.60 Å². The Kier molecular flexibility index (Phi) is 3.02. The standard InChI is InChI=1S/C9H17NO.ClH/c1-11-9(6-10)5-7-2-3-8(9)4-7;/h7-8H,2-6,10H2,1H3;1H. The van der Waals surface area contributed by atoms with E-state index in [1.165, 1.54) is 25.7 Å². The van der Waals surface area contributed by atoms with Crippen molar-refractivity contribution in [1.29, 1.82) is 0 Å². The van der Waals surface area contributed by atoms with Gasteiger partial charge in [-0.1, -0.05) is 0 Å². The Balaban J connectivity index is 0.000000720. The van der Waals surface area contributed by atoms with Crippen LogP contribution < -0.4 is 5.73 Å². The second-order valence-corrected chi connectivity index (χ2v) is 4.05. The molecule has 2 rings (SSSR count). The molecule has 3 unspecified atom stereocenters. The van der Waals surface area contributed by atoms with Crippen LogP contribution in [0.2, 0.25) is 0 Å². The highest BCUT2D eigenvalue weighted by Crippen LogP contribution is 2.51. The summed E-state index contributed by atoms with van der Waals surface area (Å²) in [4.78, 5) is 0. The van der Waals surface area contributed by atoms with Gasteiger partial charge in [0.25, 0.3) is 0 Å². The summed E-state index contributed by atoms with van der Waals surface area (Å²) in [6.07, 6.45) is 5.33. The number of nitrogens with two attached hydrogens (primary N) is 1. The van der Waals surface area contributed by atoms with E-state index in [-0.39, 0.29) is 18.0 Å². The van der Waals surface area contributed by atoms with E-state index in [0.29, 0.717) is 6.54 Å². The predicted molar refractivity (Wildman–Crippen MR) is 51.5 cm³/mol. The molecule has 0 spiro atoms. The minimum absolute atomic E-state index is 0. The molecule has 2 aliphatic rings. The lowest BCUT2D eigenvalue weighted by molar-refractivity contribution is -0.0459. The lowest BCUT2D eigenvalue weighted by atomic mass is 9.84. The van der Waals surface area contributed by atoms with Crippen molar-refractivity contribution < 1.29 is 4.74 Å². The minimum atomic E-state index is 0. The van der Waals surface area contributed by atoms with Crippen LogP contribution in [0.5, 0.6) is 0 Å². The number of hydrogen-bond acceptors (Lipinski definition) is 2. The van der Waals surface area contributed by atoms with E-state index in [9.17, 15) is 0 Å². The summed E-state index contributed by atoms with van der Waals surface area (Å²) in [5.41, 5.74) is 5.81. The molecule has 2 fully saturated rings. The molecule has 0 radical (unpaired) electrons. The normalized spacial score (nSPS) is 44.5. The monoisotopic (exact) mass is 191 g/mol. The molecule has 2 nitrogen and oxygen atoms in total. The molecule has 72 valence electrons. The van der Waals surface area contributed by atoms with Gasteiger partial charge in [-0.05, 0) is 37.5 Å². The van der Waals surface area contributed by atoms with E-state index in [1.54, 1.807) is 0 Å². The summed E-state index contributed by atoms with van der Waals surface area (Å²) in [6, 6.07) is 0. The van der Waals surface area contributed by atoms with Crippen molar-refractivity contribution in [2.24, 2.45) is 17.6 Å². The average Bonchev–Trinajstić information content (AvgIpc) is 2.62. The average molecular weight is 192 g/mol. The van der Waals surface area contributed by atoms with Crippen LogP contribution in [0.3, 0.4) is 0 Å². The minimum Gasteiger partial charge on any atom is -0.377 e. The Morgan fingerprint density at radius 2 is 2.25 bits per heavy atom. The predicted octanol–water partition coefficient (Wildman–Crippen LogP) is 1.57. The summed E-state index contributed by atoms with van der Waals surface area (Å²) >= 11 is 0. The smallest absolute Gasteiger partial charge is 0.0831 e. The van der Waals surface area contributed by atoms with Gasteiger partial charge in [0, 0.05) is 13.7 Å². The molecule has 2 bridgehead atoms. The maximum Gasteiger partial charge on any atom is 0.0831 e. The van der Waals surface area contributed by atoms with Gasteiger partial charge in [-0.25, -0.2) is 0 Å². The van der Waals surface area contributed by atoms with Gasteiger partial charge in [0.15, 0.2) is 0 Å². The van der Waals surface area contributed by atoms with Crippen LogP contribution >= 0.6 is 12.4 Å². The van der Waals surface area contributed by atoms with Crippen molar-refractivity contribution in [2.75, 3.05) is 13.7 Å². The van der Waals surface area contributed by atoms with Crippen molar-refractivity contribution in [3.8, 4) is 0 Å². The molecule has 0 aromatic heterocycles. The SMILES string of the molecule is COC1(CN)CC2CCC1C2.Cl. The lowest BCUT2D eigenvalue weighted by Gasteiger charge is -2.35.